The number of aryl methyl sites for hydroxylation is 1. The van der Waals surface area contributed by atoms with E-state index >= 15 is 0 Å². The van der Waals surface area contributed by atoms with Gasteiger partial charge in [-0.2, -0.15) is 0 Å². The van der Waals surface area contributed by atoms with Crippen LogP contribution in [0.3, 0.4) is 0 Å². The highest BCUT2D eigenvalue weighted by Crippen LogP contribution is 2.21. The fraction of sp³-hybridized carbons (Fsp3) is 0.273. The van der Waals surface area contributed by atoms with Crippen molar-refractivity contribution in [3.63, 3.8) is 0 Å². The van der Waals surface area contributed by atoms with Gasteiger partial charge >= 0.3 is 0 Å². The van der Waals surface area contributed by atoms with Gasteiger partial charge in [-0.15, -0.1) is 0 Å². The molecule has 0 aliphatic rings. The van der Waals surface area contributed by atoms with E-state index in [-0.39, 0.29) is 10.6 Å². The first-order chi connectivity index (χ1) is 7.13. The van der Waals surface area contributed by atoms with Gasteiger partial charge in [-0.3, -0.25) is 10.1 Å². The SMILES string of the molecule is CCc1ccc(SC=C(C)[N+](=O)[O-])cc1. The number of nitro groups is 1. The summed E-state index contributed by atoms with van der Waals surface area (Å²) in [6.07, 6.45) is 1.01. The third-order valence-corrected chi connectivity index (χ3v) is 2.99. The van der Waals surface area contributed by atoms with Gasteiger partial charge in [0, 0.05) is 17.2 Å². The van der Waals surface area contributed by atoms with Crippen LogP contribution in [0, 0.1) is 10.1 Å². The smallest absolute Gasteiger partial charge is 0.249 e. The molecule has 80 valence electrons. The summed E-state index contributed by atoms with van der Waals surface area (Å²) < 4.78 is 0. The first-order valence-corrected chi connectivity index (χ1v) is 5.58. The maximum Gasteiger partial charge on any atom is 0.249 e. The molecule has 0 unspecified atom stereocenters. The molecule has 0 spiro atoms. The monoisotopic (exact) mass is 223 g/mol. The van der Waals surface area contributed by atoms with Crippen LogP contribution in [-0.2, 0) is 6.42 Å². The summed E-state index contributed by atoms with van der Waals surface area (Å²) in [6.45, 7) is 3.59. The van der Waals surface area contributed by atoms with Crippen LogP contribution in [0.2, 0.25) is 0 Å². The summed E-state index contributed by atoms with van der Waals surface area (Å²) in [5, 5.41) is 11.9. The maximum atomic E-state index is 10.3. The minimum absolute atomic E-state index is 0.166. The van der Waals surface area contributed by atoms with Crippen molar-refractivity contribution in [2.45, 2.75) is 25.2 Å². The molecule has 3 nitrogen and oxygen atoms in total. The lowest BCUT2D eigenvalue weighted by Gasteiger charge is -1.98. The minimum Gasteiger partial charge on any atom is -0.259 e. The Labute approximate surface area is 93.3 Å². The van der Waals surface area contributed by atoms with E-state index < -0.39 is 0 Å². The van der Waals surface area contributed by atoms with E-state index in [1.54, 1.807) is 5.41 Å². The summed E-state index contributed by atoms with van der Waals surface area (Å²) in [4.78, 5) is 11.0. The standard InChI is InChI=1S/C11H13NO2S/c1-3-10-4-6-11(7-5-10)15-8-9(2)12(13)14/h4-8H,3H2,1-2H3. The molecule has 0 N–H and O–H groups in total. The Hall–Kier alpha value is -1.29. The normalized spacial score (nSPS) is 11.5. The summed E-state index contributed by atoms with van der Waals surface area (Å²) >= 11 is 1.37. The highest BCUT2D eigenvalue weighted by atomic mass is 32.2. The minimum atomic E-state index is -0.382. The Morgan fingerprint density at radius 2 is 2.07 bits per heavy atom. The summed E-state index contributed by atoms with van der Waals surface area (Å²) in [5.74, 6) is 0. The van der Waals surface area contributed by atoms with Crippen molar-refractivity contribution in [3.05, 3.63) is 51.0 Å². The second kappa shape index (κ2) is 5.56. The molecule has 0 saturated heterocycles. The quantitative estimate of drug-likeness (QED) is 0.446. The zero-order valence-electron chi connectivity index (χ0n) is 8.77. The van der Waals surface area contributed by atoms with E-state index in [2.05, 4.69) is 6.92 Å². The number of allylic oxidation sites excluding steroid dienone is 1. The molecule has 0 amide bonds. The van der Waals surface area contributed by atoms with E-state index in [1.807, 2.05) is 24.3 Å². The van der Waals surface area contributed by atoms with Gasteiger partial charge in [0.1, 0.15) is 0 Å². The predicted octanol–water partition coefficient (Wildman–Crippen LogP) is 3.48. The summed E-state index contributed by atoms with van der Waals surface area (Å²) in [6, 6.07) is 8.04. The molecule has 0 saturated carbocycles. The second-order valence-electron chi connectivity index (χ2n) is 3.13. The van der Waals surface area contributed by atoms with Crippen LogP contribution in [0.4, 0.5) is 0 Å². The molecule has 1 rings (SSSR count). The molecule has 1 aromatic carbocycles. The lowest BCUT2D eigenvalue weighted by Crippen LogP contribution is -1.91. The average Bonchev–Trinajstić information content (AvgIpc) is 2.26. The maximum absolute atomic E-state index is 10.3. The molecular weight excluding hydrogens is 210 g/mol. The number of rotatable bonds is 4. The van der Waals surface area contributed by atoms with E-state index in [9.17, 15) is 10.1 Å². The van der Waals surface area contributed by atoms with Crippen molar-refractivity contribution in [2.75, 3.05) is 0 Å². The lowest BCUT2D eigenvalue weighted by atomic mass is 10.2. The van der Waals surface area contributed by atoms with Gasteiger partial charge < -0.3 is 0 Å². The lowest BCUT2D eigenvalue weighted by molar-refractivity contribution is -0.424. The van der Waals surface area contributed by atoms with E-state index in [1.165, 1.54) is 24.2 Å². The van der Waals surface area contributed by atoms with Crippen molar-refractivity contribution in [1.29, 1.82) is 0 Å². The van der Waals surface area contributed by atoms with Gasteiger partial charge in [-0.1, -0.05) is 30.8 Å². The third kappa shape index (κ3) is 3.75. The van der Waals surface area contributed by atoms with Crippen LogP contribution >= 0.6 is 11.8 Å². The Kier molecular flexibility index (Phi) is 4.37. The molecule has 0 bridgehead atoms. The third-order valence-electron chi connectivity index (χ3n) is 1.99. The fourth-order valence-electron chi connectivity index (χ4n) is 1.00. The molecule has 0 aromatic heterocycles. The van der Waals surface area contributed by atoms with Crippen molar-refractivity contribution < 1.29 is 4.92 Å². The van der Waals surface area contributed by atoms with Crippen LogP contribution in [0.5, 0.6) is 0 Å². The van der Waals surface area contributed by atoms with E-state index in [4.69, 9.17) is 0 Å². The first-order valence-electron chi connectivity index (χ1n) is 4.70. The molecule has 0 atom stereocenters. The van der Waals surface area contributed by atoms with Gasteiger partial charge in [0.05, 0.1) is 4.92 Å². The van der Waals surface area contributed by atoms with E-state index in [0.29, 0.717) is 0 Å². The van der Waals surface area contributed by atoms with Gasteiger partial charge in [0.2, 0.25) is 5.70 Å². The van der Waals surface area contributed by atoms with Gasteiger partial charge in [-0.25, -0.2) is 0 Å². The van der Waals surface area contributed by atoms with Crippen LogP contribution in [0.15, 0.2) is 40.3 Å². The molecule has 0 aliphatic heterocycles. The van der Waals surface area contributed by atoms with Crippen LogP contribution in [-0.4, -0.2) is 4.92 Å². The second-order valence-corrected chi connectivity index (χ2v) is 4.07. The number of nitrogens with zero attached hydrogens (tertiary/aromatic N) is 1. The van der Waals surface area contributed by atoms with Crippen LogP contribution in [0.1, 0.15) is 19.4 Å². The Balaban J connectivity index is 2.66. The van der Waals surface area contributed by atoms with Gasteiger partial charge in [0.25, 0.3) is 0 Å². The van der Waals surface area contributed by atoms with Crippen LogP contribution < -0.4 is 0 Å². The molecule has 0 fully saturated rings. The summed E-state index contributed by atoms with van der Waals surface area (Å²) in [5.41, 5.74) is 1.44. The largest absolute Gasteiger partial charge is 0.259 e. The predicted molar refractivity (Wildman–Crippen MR) is 62.4 cm³/mol. The number of hydrogen-bond acceptors (Lipinski definition) is 3. The zero-order valence-corrected chi connectivity index (χ0v) is 9.58. The Morgan fingerprint density at radius 3 is 2.53 bits per heavy atom. The number of thioether (sulfide) groups is 1. The Morgan fingerprint density at radius 1 is 1.47 bits per heavy atom. The number of hydrogen-bond donors (Lipinski definition) is 0. The molecule has 0 radical (unpaired) electrons. The number of benzene rings is 1. The molecule has 4 heteroatoms. The fourth-order valence-corrected chi connectivity index (χ4v) is 1.69. The molecule has 0 heterocycles. The van der Waals surface area contributed by atoms with Gasteiger partial charge in [0.15, 0.2) is 0 Å². The van der Waals surface area contributed by atoms with Crippen molar-refractivity contribution >= 4 is 11.8 Å². The zero-order chi connectivity index (χ0) is 11.3. The van der Waals surface area contributed by atoms with Crippen molar-refractivity contribution in [1.82, 2.24) is 0 Å². The Bertz CT molecular complexity index is 371. The van der Waals surface area contributed by atoms with Crippen molar-refractivity contribution in [3.8, 4) is 0 Å². The van der Waals surface area contributed by atoms with Crippen LogP contribution in [0.25, 0.3) is 0 Å². The highest BCUT2D eigenvalue weighted by Gasteiger charge is 2.01. The van der Waals surface area contributed by atoms with Crippen molar-refractivity contribution in [2.24, 2.45) is 0 Å². The van der Waals surface area contributed by atoms with E-state index in [0.717, 1.165) is 11.3 Å². The average molecular weight is 223 g/mol. The topological polar surface area (TPSA) is 43.1 Å². The highest BCUT2D eigenvalue weighted by molar-refractivity contribution is 8.02. The molecule has 0 aliphatic carbocycles. The molecule has 15 heavy (non-hydrogen) atoms. The first kappa shape index (κ1) is 11.8. The summed E-state index contributed by atoms with van der Waals surface area (Å²) in [7, 11) is 0. The van der Waals surface area contributed by atoms with Gasteiger partial charge in [-0.05, 0) is 24.1 Å². The molecular formula is C11H13NO2S. The molecule has 1 aromatic rings.